The van der Waals surface area contributed by atoms with E-state index >= 15 is 0 Å². The summed E-state index contributed by atoms with van der Waals surface area (Å²) in [6.45, 7) is 0. The molecule has 64 valence electrons. The summed E-state index contributed by atoms with van der Waals surface area (Å²) in [4.78, 5) is 0. The summed E-state index contributed by atoms with van der Waals surface area (Å²) in [5.41, 5.74) is 0.849. The van der Waals surface area contributed by atoms with Crippen LogP contribution in [0.2, 0.25) is 5.02 Å². The molecule has 0 saturated carbocycles. The van der Waals surface area contributed by atoms with Gasteiger partial charge >= 0.3 is 0 Å². The molecule has 4 heteroatoms. The molecule has 1 unspecified atom stereocenters. The lowest BCUT2D eigenvalue weighted by Gasteiger charge is -1.91. The minimum atomic E-state index is -1.88. The van der Waals surface area contributed by atoms with Gasteiger partial charge in [-0.15, -0.1) is 0 Å². The predicted octanol–water partition coefficient (Wildman–Crippen LogP) is 2.53. The van der Waals surface area contributed by atoms with E-state index in [4.69, 9.17) is 16.2 Å². The Morgan fingerprint density at radius 1 is 1.33 bits per heavy atom. The Kier molecular flexibility index (Phi) is 3.47. The van der Waals surface area contributed by atoms with Gasteiger partial charge in [-0.05, 0) is 23.8 Å². The quantitative estimate of drug-likeness (QED) is 0.749. The van der Waals surface area contributed by atoms with Crippen LogP contribution in [0.25, 0.3) is 6.08 Å². The van der Waals surface area contributed by atoms with Crippen LogP contribution < -0.4 is 0 Å². The molecule has 12 heavy (non-hydrogen) atoms. The van der Waals surface area contributed by atoms with Crippen LogP contribution >= 0.6 is 11.6 Å². The summed E-state index contributed by atoms with van der Waals surface area (Å²) < 4.78 is 18.7. The molecule has 1 atom stereocenters. The summed E-state index contributed by atoms with van der Waals surface area (Å²) >= 11 is 3.76. The zero-order chi connectivity index (χ0) is 8.97. The average Bonchev–Trinajstić information content (AvgIpc) is 2.03. The van der Waals surface area contributed by atoms with E-state index in [0.29, 0.717) is 5.02 Å². The van der Waals surface area contributed by atoms with Crippen molar-refractivity contribution in [3.8, 4) is 0 Å². The van der Waals surface area contributed by atoms with Gasteiger partial charge in [0.2, 0.25) is 0 Å². The maximum absolute atomic E-state index is 10.2. The third kappa shape index (κ3) is 3.17. The van der Waals surface area contributed by atoms with Crippen molar-refractivity contribution in [3.05, 3.63) is 40.3 Å². The Balaban J connectivity index is 2.77. The van der Waals surface area contributed by atoms with E-state index in [-0.39, 0.29) is 0 Å². The number of halogens is 1. The molecule has 0 spiro atoms. The summed E-state index contributed by atoms with van der Waals surface area (Å²) in [6.07, 6.45) is 1.56. The highest BCUT2D eigenvalue weighted by atomic mass is 35.5. The van der Waals surface area contributed by atoms with Crippen LogP contribution in [-0.4, -0.2) is 8.76 Å². The third-order valence-corrected chi connectivity index (χ3v) is 1.87. The van der Waals surface area contributed by atoms with Crippen molar-refractivity contribution in [1.29, 1.82) is 0 Å². The van der Waals surface area contributed by atoms with Crippen LogP contribution in [0.1, 0.15) is 5.56 Å². The van der Waals surface area contributed by atoms with E-state index in [2.05, 4.69) is 0 Å². The number of benzene rings is 1. The fourth-order valence-electron chi connectivity index (χ4n) is 0.711. The summed E-state index contributed by atoms with van der Waals surface area (Å²) in [6, 6.07) is 6.99. The average molecular weight is 203 g/mol. The molecular weight excluding hydrogens is 196 g/mol. The Morgan fingerprint density at radius 3 is 2.42 bits per heavy atom. The van der Waals surface area contributed by atoms with Gasteiger partial charge in [0.1, 0.15) is 0 Å². The molecule has 2 nitrogen and oxygen atoms in total. The molecule has 0 bridgehead atoms. The van der Waals surface area contributed by atoms with Crippen molar-refractivity contribution in [3.63, 3.8) is 0 Å². The summed E-state index contributed by atoms with van der Waals surface area (Å²) in [5, 5.41) is 1.85. The van der Waals surface area contributed by atoms with Crippen molar-refractivity contribution in [1.82, 2.24) is 0 Å². The van der Waals surface area contributed by atoms with Gasteiger partial charge in [0.05, 0.1) is 0 Å². The first-order valence-corrected chi connectivity index (χ1v) is 4.77. The van der Waals surface area contributed by atoms with Gasteiger partial charge in [-0.25, -0.2) is 4.21 Å². The standard InChI is InChI=1S/C8H7ClO2S/c9-8-3-1-7(2-4-8)5-6-12(10)11/h1-6H,(H,10,11). The van der Waals surface area contributed by atoms with Crippen LogP contribution in [0.3, 0.4) is 0 Å². The van der Waals surface area contributed by atoms with Gasteiger partial charge in [0.15, 0.2) is 11.1 Å². The van der Waals surface area contributed by atoms with E-state index < -0.39 is 11.1 Å². The Hall–Kier alpha value is -0.640. The van der Waals surface area contributed by atoms with E-state index in [1.807, 2.05) is 0 Å². The SMILES string of the molecule is O=S(O)C=Cc1ccc(Cl)cc1. The fourth-order valence-corrected chi connectivity index (χ4v) is 1.11. The first-order chi connectivity index (χ1) is 5.68. The van der Waals surface area contributed by atoms with Gasteiger partial charge in [-0.1, -0.05) is 23.7 Å². The maximum atomic E-state index is 10.2. The lowest BCUT2D eigenvalue weighted by Crippen LogP contribution is -1.76. The topological polar surface area (TPSA) is 37.3 Å². The van der Waals surface area contributed by atoms with E-state index in [0.717, 1.165) is 5.56 Å². The zero-order valence-corrected chi connectivity index (χ0v) is 7.68. The van der Waals surface area contributed by atoms with Gasteiger partial charge < -0.3 is 4.55 Å². The van der Waals surface area contributed by atoms with Crippen molar-refractivity contribution < 1.29 is 8.76 Å². The molecule has 0 saturated heterocycles. The minimum absolute atomic E-state index is 0.650. The van der Waals surface area contributed by atoms with Gasteiger partial charge in [-0.2, -0.15) is 0 Å². The van der Waals surface area contributed by atoms with Crippen LogP contribution in [0.4, 0.5) is 0 Å². The van der Waals surface area contributed by atoms with Crippen LogP contribution in [0.15, 0.2) is 29.7 Å². The molecule has 0 aromatic heterocycles. The fraction of sp³-hybridized carbons (Fsp3) is 0. The molecule has 0 heterocycles. The number of hydrogen-bond donors (Lipinski definition) is 1. The van der Waals surface area contributed by atoms with Crippen molar-refractivity contribution in [2.75, 3.05) is 0 Å². The highest BCUT2D eigenvalue weighted by Crippen LogP contribution is 2.10. The van der Waals surface area contributed by atoms with E-state index in [9.17, 15) is 4.21 Å². The van der Waals surface area contributed by atoms with Crippen molar-refractivity contribution in [2.45, 2.75) is 0 Å². The Morgan fingerprint density at radius 2 is 1.92 bits per heavy atom. The van der Waals surface area contributed by atoms with E-state index in [1.54, 1.807) is 30.3 Å². The Bertz CT molecular complexity index is 305. The van der Waals surface area contributed by atoms with Crippen LogP contribution in [0.5, 0.6) is 0 Å². The van der Waals surface area contributed by atoms with Crippen molar-refractivity contribution >= 4 is 28.8 Å². The van der Waals surface area contributed by atoms with Gasteiger partial charge in [0, 0.05) is 10.4 Å². The molecule has 0 aliphatic heterocycles. The normalized spacial score (nSPS) is 13.5. The first-order valence-electron chi connectivity index (χ1n) is 3.22. The number of rotatable bonds is 2. The molecular formula is C8H7ClO2S. The second-order valence-electron chi connectivity index (χ2n) is 2.13. The highest BCUT2D eigenvalue weighted by Gasteiger charge is 1.88. The molecule has 0 fully saturated rings. The van der Waals surface area contributed by atoms with Crippen LogP contribution in [0, 0.1) is 0 Å². The van der Waals surface area contributed by atoms with Gasteiger partial charge in [-0.3, -0.25) is 0 Å². The van der Waals surface area contributed by atoms with Crippen LogP contribution in [-0.2, 0) is 11.1 Å². The molecule has 1 aromatic rings. The molecule has 1 N–H and O–H groups in total. The highest BCUT2D eigenvalue weighted by molar-refractivity contribution is 7.82. The zero-order valence-electron chi connectivity index (χ0n) is 6.11. The number of hydrogen-bond acceptors (Lipinski definition) is 1. The first kappa shape index (κ1) is 9.45. The molecule has 0 amide bonds. The lowest BCUT2D eigenvalue weighted by atomic mass is 10.2. The largest absolute Gasteiger partial charge is 0.303 e. The summed E-state index contributed by atoms with van der Waals surface area (Å²) in [7, 11) is 0. The predicted molar refractivity (Wildman–Crippen MR) is 51.3 cm³/mol. The summed E-state index contributed by atoms with van der Waals surface area (Å²) in [5.74, 6) is 0. The second kappa shape index (κ2) is 4.40. The van der Waals surface area contributed by atoms with Crippen molar-refractivity contribution in [2.24, 2.45) is 0 Å². The lowest BCUT2D eigenvalue weighted by molar-refractivity contribution is 0.574. The monoisotopic (exact) mass is 202 g/mol. The molecule has 1 rings (SSSR count). The van der Waals surface area contributed by atoms with Gasteiger partial charge in [0.25, 0.3) is 0 Å². The molecule has 1 aromatic carbocycles. The third-order valence-electron chi connectivity index (χ3n) is 1.25. The second-order valence-corrected chi connectivity index (χ2v) is 3.39. The minimum Gasteiger partial charge on any atom is -0.303 e. The molecule has 0 radical (unpaired) electrons. The molecule has 0 aliphatic rings. The van der Waals surface area contributed by atoms with E-state index in [1.165, 1.54) is 5.41 Å². The smallest absolute Gasteiger partial charge is 0.178 e. The Labute approximate surface area is 78.2 Å². The molecule has 0 aliphatic carbocycles. The maximum Gasteiger partial charge on any atom is 0.178 e.